The summed E-state index contributed by atoms with van der Waals surface area (Å²) in [5.41, 5.74) is 3.70. The van der Waals surface area contributed by atoms with E-state index in [1.165, 1.54) is 0 Å². The Morgan fingerprint density at radius 2 is 1.85 bits per heavy atom. The highest BCUT2D eigenvalue weighted by Crippen LogP contribution is 2.26. The first kappa shape index (κ1) is 25.9. The number of carbonyl (C=O) groups is 1. The molecule has 7 nitrogen and oxygen atoms in total. The van der Waals surface area contributed by atoms with Crippen LogP contribution in [-0.4, -0.2) is 47.7 Å². The van der Waals surface area contributed by atoms with Gasteiger partial charge in [0.15, 0.2) is 5.15 Å². The van der Waals surface area contributed by atoms with Crippen molar-refractivity contribution in [3.8, 4) is 11.1 Å². The van der Waals surface area contributed by atoms with E-state index in [9.17, 15) is 9.90 Å². The Morgan fingerprint density at radius 1 is 1.09 bits per heavy atom. The SMILES string of the molecule is CCCCc1nc(Cl)c(COCOCCOC)n1Cc1ccc(-c2ccccc2C(=O)O)cc1. The van der Waals surface area contributed by atoms with E-state index in [1.807, 2.05) is 36.4 Å². The van der Waals surface area contributed by atoms with Gasteiger partial charge in [-0.15, -0.1) is 0 Å². The molecule has 0 radical (unpaired) electrons. The zero-order valence-electron chi connectivity index (χ0n) is 19.6. The minimum Gasteiger partial charge on any atom is -0.478 e. The number of unbranched alkanes of at least 4 members (excludes halogenated alkanes) is 1. The van der Waals surface area contributed by atoms with Crippen LogP contribution in [0.2, 0.25) is 5.15 Å². The molecule has 0 fully saturated rings. The predicted octanol–water partition coefficient (Wildman–Crippen LogP) is 5.43. The fourth-order valence-corrected chi connectivity index (χ4v) is 3.90. The Hall–Kier alpha value is -2.71. The zero-order valence-corrected chi connectivity index (χ0v) is 20.4. The van der Waals surface area contributed by atoms with Crippen molar-refractivity contribution >= 4 is 17.6 Å². The number of aromatic nitrogens is 2. The number of benzene rings is 2. The molecule has 0 aliphatic rings. The minimum absolute atomic E-state index is 0.146. The van der Waals surface area contributed by atoms with E-state index in [0.29, 0.717) is 30.5 Å². The Kier molecular flexibility index (Phi) is 10.1. The van der Waals surface area contributed by atoms with Crippen LogP contribution in [0.3, 0.4) is 0 Å². The van der Waals surface area contributed by atoms with Crippen LogP contribution in [0.4, 0.5) is 0 Å². The number of carboxylic acids is 1. The van der Waals surface area contributed by atoms with Gasteiger partial charge in [0, 0.05) is 20.1 Å². The number of carboxylic acid groups (broad SMARTS) is 1. The molecule has 1 aromatic heterocycles. The monoisotopic (exact) mass is 486 g/mol. The third kappa shape index (κ3) is 6.90. The molecular weight excluding hydrogens is 456 g/mol. The van der Waals surface area contributed by atoms with Gasteiger partial charge in [-0.3, -0.25) is 0 Å². The normalized spacial score (nSPS) is 11.1. The maximum atomic E-state index is 11.6. The van der Waals surface area contributed by atoms with E-state index >= 15 is 0 Å². The molecule has 8 heteroatoms. The number of methoxy groups -OCH3 is 1. The molecule has 0 unspecified atom stereocenters. The zero-order chi connectivity index (χ0) is 24.3. The van der Waals surface area contributed by atoms with Gasteiger partial charge in [-0.1, -0.05) is 67.4 Å². The highest BCUT2D eigenvalue weighted by Gasteiger charge is 2.17. The van der Waals surface area contributed by atoms with Gasteiger partial charge in [-0.2, -0.15) is 0 Å². The van der Waals surface area contributed by atoms with Crippen LogP contribution in [-0.2, 0) is 33.8 Å². The maximum Gasteiger partial charge on any atom is 0.336 e. The molecule has 3 rings (SSSR count). The van der Waals surface area contributed by atoms with E-state index < -0.39 is 5.97 Å². The van der Waals surface area contributed by atoms with Gasteiger partial charge in [0.2, 0.25) is 0 Å². The van der Waals surface area contributed by atoms with E-state index in [2.05, 4.69) is 16.5 Å². The quantitative estimate of drug-likeness (QED) is 0.241. The van der Waals surface area contributed by atoms with Gasteiger partial charge < -0.3 is 23.9 Å². The molecule has 182 valence electrons. The average molecular weight is 487 g/mol. The Morgan fingerprint density at radius 3 is 2.56 bits per heavy atom. The van der Waals surface area contributed by atoms with E-state index in [-0.39, 0.29) is 19.0 Å². The number of rotatable bonds is 14. The number of imidazole rings is 1. The third-order valence-electron chi connectivity index (χ3n) is 5.46. The number of ether oxygens (including phenoxy) is 3. The highest BCUT2D eigenvalue weighted by atomic mass is 35.5. The van der Waals surface area contributed by atoms with Gasteiger partial charge in [0.25, 0.3) is 0 Å². The van der Waals surface area contributed by atoms with Crippen molar-refractivity contribution in [2.24, 2.45) is 0 Å². The van der Waals surface area contributed by atoms with Crippen molar-refractivity contribution in [3.63, 3.8) is 0 Å². The van der Waals surface area contributed by atoms with Crippen molar-refractivity contribution in [2.75, 3.05) is 27.1 Å². The molecule has 0 saturated carbocycles. The fraction of sp³-hybridized carbons (Fsp3) is 0.385. The molecule has 3 aromatic rings. The second-order valence-corrected chi connectivity index (χ2v) is 8.23. The van der Waals surface area contributed by atoms with Crippen molar-refractivity contribution in [2.45, 2.75) is 39.3 Å². The lowest BCUT2D eigenvalue weighted by atomic mass is 9.99. The number of hydrogen-bond donors (Lipinski definition) is 1. The lowest BCUT2D eigenvalue weighted by molar-refractivity contribution is -0.0737. The maximum absolute atomic E-state index is 11.6. The van der Waals surface area contributed by atoms with Crippen molar-refractivity contribution in [3.05, 3.63) is 76.3 Å². The third-order valence-corrected chi connectivity index (χ3v) is 5.76. The van der Waals surface area contributed by atoms with Crippen molar-refractivity contribution < 1.29 is 24.1 Å². The number of hydrogen-bond acceptors (Lipinski definition) is 5. The van der Waals surface area contributed by atoms with Gasteiger partial charge in [-0.05, 0) is 29.2 Å². The number of aromatic carboxylic acids is 1. The Balaban J connectivity index is 1.78. The molecule has 34 heavy (non-hydrogen) atoms. The summed E-state index contributed by atoms with van der Waals surface area (Å²) in [5.74, 6) is -0.0183. The summed E-state index contributed by atoms with van der Waals surface area (Å²) >= 11 is 6.48. The summed E-state index contributed by atoms with van der Waals surface area (Å²) in [5, 5.41) is 9.93. The lowest BCUT2D eigenvalue weighted by Gasteiger charge is -2.14. The van der Waals surface area contributed by atoms with Crippen LogP contribution < -0.4 is 0 Å². The number of halogens is 1. The second-order valence-electron chi connectivity index (χ2n) is 7.87. The van der Waals surface area contributed by atoms with Crippen molar-refractivity contribution in [1.82, 2.24) is 9.55 Å². The molecule has 0 spiro atoms. The summed E-state index contributed by atoms with van der Waals surface area (Å²) in [7, 11) is 1.62. The van der Waals surface area contributed by atoms with Crippen LogP contribution >= 0.6 is 11.6 Å². The topological polar surface area (TPSA) is 82.8 Å². The van der Waals surface area contributed by atoms with Gasteiger partial charge in [0.1, 0.15) is 12.6 Å². The van der Waals surface area contributed by atoms with Gasteiger partial charge >= 0.3 is 5.97 Å². The molecule has 1 heterocycles. The highest BCUT2D eigenvalue weighted by molar-refractivity contribution is 6.30. The molecular formula is C26H31ClN2O5. The molecule has 0 aliphatic carbocycles. The van der Waals surface area contributed by atoms with Crippen molar-refractivity contribution in [1.29, 1.82) is 0 Å². The predicted molar refractivity (Wildman–Crippen MR) is 131 cm³/mol. The standard InChI is InChI=1S/C26H31ClN2O5/c1-3-4-9-24-28-25(27)23(17-34-18-33-15-14-32-2)29(24)16-19-10-12-20(13-11-19)21-7-5-6-8-22(21)26(30)31/h5-8,10-13H,3-4,9,14-18H2,1-2H3,(H,30,31). The van der Waals surface area contributed by atoms with Gasteiger partial charge in [-0.25, -0.2) is 9.78 Å². The van der Waals surface area contributed by atoms with Gasteiger partial charge in [0.05, 0.1) is 31.1 Å². The minimum atomic E-state index is -0.941. The molecule has 0 bridgehead atoms. The first-order valence-electron chi connectivity index (χ1n) is 11.3. The molecule has 0 saturated heterocycles. The first-order chi connectivity index (χ1) is 16.5. The van der Waals surface area contributed by atoms with Crippen LogP contribution in [0.1, 0.15) is 47.2 Å². The smallest absolute Gasteiger partial charge is 0.336 e. The van der Waals surface area contributed by atoms with Crippen LogP contribution in [0, 0.1) is 0 Å². The summed E-state index contributed by atoms with van der Waals surface area (Å²) in [6.45, 7) is 4.13. The summed E-state index contributed by atoms with van der Waals surface area (Å²) in [6, 6.07) is 14.9. The first-order valence-corrected chi connectivity index (χ1v) is 11.7. The summed E-state index contributed by atoms with van der Waals surface area (Å²) in [4.78, 5) is 16.2. The Labute approximate surface area is 205 Å². The van der Waals surface area contributed by atoms with E-state index in [1.54, 1.807) is 19.2 Å². The molecule has 1 N–H and O–H groups in total. The lowest BCUT2D eigenvalue weighted by Crippen LogP contribution is -2.12. The van der Waals surface area contributed by atoms with E-state index in [4.69, 9.17) is 25.8 Å². The summed E-state index contributed by atoms with van der Waals surface area (Å²) in [6.07, 6.45) is 2.89. The molecule has 0 amide bonds. The fourth-order valence-electron chi connectivity index (χ4n) is 3.65. The second kappa shape index (κ2) is 13.2. The molecule has 0 atom stereocenters. The van der Waals surface area contributed by atoms with Crippen LogP contribution in [0.25, 0.3) is 11.1 Å². The largest absolute Gasteiger partial charge is 0.478 e. The Bertz CT molecular complexity index is 1070. The molecule has 0 aliphatic heterocycles. The molecule has 2 aromatic carbocycles. The average Bonchev–Trinajstić information content (AvgIpc) is 3.14. The van der Waals surface area contributed by atoms with Crippen LogP contribution in [0.5, 0.6) is 0 Å². The summed E-state index contributed by atoms with van der Waals surface area (Å²) < 4.78 is 18.1. The van der Waals surface area contributed by atoms with Crippen LogP contribution in [0.15, 0.2) is 48.5 Å². The van der Waals surface area contributed by atoms with E-state index in [0.717, 1.165) is 41.9 Å². The number of nitrogens with zero attached hydrogens (tertiary/aromatic N) is 2. The number of aryl methyl sites for hydroxylation is 1.